The largest absolute Gasteiger partial charge is 0.359 e. The molecule has 3 aromatic rings. The normalized spacial score (nSPS) is 18.7. The summed E-state index contributed by atoms with van der Waals surface area (Å²) in [6.45, 7) is 0.866. The molecule has 1 N–H and O–H groups in total. The number of nitrogens with zero attached hydrogens (tertiary/aromatic N) is 5. The molecular formula is C13H14N6S. The molecule has 7 heteroatoms. The summed E-state index contributed by atoms with van der Waals surface area (Å²) in [7, 11) is 0. The van der Waals surface area contributed by atoms with Gasteiger partial charge in [0.05, 0.1) is 10.2 Å². The minimum absolute atomic E-state index is 0.416. The molecular weight excluding hydrogens is 272 g/mol. The van der Waals surface area contributed by atoms with E-state index in [-0.39, 0.29) is 0 Å². The highest BCUT2D eigenvalue weighted by atomic mass is 32.1. The van der Waals surface area contributed by atoms with Gasteiger partial charge in [0.1, 0.15) is 0 Å². The molecule has 1 unspecified atom stereocenters. The van der Waals surface area contributed by atoms with Gasteiger partial charge in [0.25, 0.3) is 0 Å². The fraction of sp³-hybridized carbons (Fsp3) is 0.385. The second kappa shape index (κ2) is 4.82. The van der Waals surface area contributed by atoms with Gasteiger partial charge in [-0.1, -0.05) is 23.5 Å². The molecule has 1 aromatic carbocycles. The fourth-order valence-corrected chi connectivity index (χ4v) is 3.50. The van der Waals surface area contributed by atoms with Crippen molar-refractivity contribution in [3.63, 3.8) is 0 Å². The summed E-state index contributed by atoms with van der Waals surface area (Å²) < 4.78 is 3.13. The van der Waals surface area contributed by atoms with Crippen LogP contribution in [-0.4, -0.2) is 31.2 Å². The molecule has 4 rings (SSSR count). The molecule has 0 saturated carbocycles. The van der Waals surface area contributed by atoms with E-state index in [9.17, 15) is 0 Å². The third kappa shape index (κ3) is 2.14. The molecule has 0 amide bonds. The Bertz CT molecular complexity index is 678. The molecule has 0 fully saturated rings. The summed E-state index contributed by atoms with van der Waals surface area (Å²) in [6.07, 6.45) is 2.97. The average Bonchev–Trinajstić information content (AvgIpc) is 3.03. The lowest BCUT2D eigenvalue weighted by Crippen LogP contribution is -2.20. The number of para-hydroxylation sites is 1. The molecule has 1 atom stereocenters. The average molecular weight is 286 g/mol. The van der Waals surface area contributed by atoms with Crippen LogP contribution in [0.5, 0.6) is 0 Å². The zero-order chi connectivity index (χ0) is 13.4. The SMILES string of the molecule is c1ccc2sc(NC3CCc4nnnn4CC3)nc2c1. The van der Waals surface area contributed by atoms with Crippen molar-refractivity contribution >= 4 is 26.7 Å². The number of aromatic nitrogens is 5. The van der Waals surface area contributed by atoms with E-state index < -0.39 is 0 Å². The maximum absolute atomic E-state index is 4.63. The smallest absolute Gasteiger partial charge is 0.184 e. The number of fused-ring (bicyclic) bond motifs is 2. The van der Waals surface area contributed by atoms with E-state index in [1.54, 1.807) is 11.3 Å². The maximum Gasteiger partial charge on any atom is 0.184 e. The van der Waals surface area contributed by atoms with Crippen LogP contribution in [0, 0.1) is 0 Å². The van der Waals surface area contributed by atoms with E-state index in [4.69, 9.17) is 0 Å². The number of hydrogen-bond acceptors (Lipinski definition) is 6. The molecule has 0 saturated heterocycles. The van der Waals surface area contributed by atoms with Crippen molar-refractivity contribution in [3.05, 3.63) is 30.1 Å². The van der Waals surface area contributed by atoms with E-state index in [0.717, 1.165) is 42.3 Å². The monoisotopic (exact) mass is 286 g/mol. The Hall–Kier alpha value is -2.02. The topological polar surface area (TPSA) is 68.5 Å². The summed E-state index contributed by atoms with van der Waals surface area (Å²) in [4.78, 5) is 4.63. The van der Waals surface area contributed by atoms with Crippen molar-refractivity contribution < 1.29 is 0 Å². The Balaban J connectivity index is 1.50. The molecule has 0 radical (unpaired) electrons. The molecule has 3 heterocycles. The maximum atomic E-state index is 4.63. The Labute approximate surface area is 119 Å². The van der Waals surface area contributed by atoms with Crippen molar-refractivity contribution in [2.45, 2.75) is 31.8 Å². The number of thiazole rings is 1. The first-order valence-electron chi connectivity index (χ1n) is 6.75. The van der Waals surface area contributed by atoms with Crippen LogP contribution in [0.2, 0.25) is 0 Å². The van der Waals surface area contributed by atoms with Crippen molar-refractivity contribution in [2.75, 3.05) is 5.32 Å². The second-order valence-corrected chi connectivity index (χ2v) is 6.00. The Morgan fingerprint density at radius 3 is 3.15 bits per heavy atom. The van der Waals surface area contributed by atoms with Crippen LogP contribution in [0.25, 0.3) is 10.2 Å². The lowest BCUT2D eigenvalue weighted by atomic mass is 10.1. The van der Waals surface area contributed by atoms with Gasteiger partial charge < -0.3 is 5.32 Å². The first-order valence-corrected chi connectivity index (χ1v) is 7.57. The number of nitrogens with one attached hydrogen (secondary N) is 1. The highest BCUT2D eigenvalue weighted by Crippen LogP contribution is 2.27. The number of anilines is 1. The Morgan fingerprint density at radius 1 is 1.25 bits per heavy atom. The molecule has 1 aliphatic heterocycles. The van der Waals surface area contributed by atoms with Gasteiger partial charge in [-0.25, -0.2) is 9.67 Å². The quantitative estimate of drug-likeness (QED) is 0.781. The van der Waals surface area contributed by atoms with E-state index in [0.29, 0.717) is 6.04 Å². The summed E-state index contributed by atoms with van der Waals surface area (Å²) >= 11 is 1.71. The Morgan fingerprint density at radius 2 is 2.20 bits per heavy atom. The first kappa shape index (κ1) is 11.8. The zero-order valence-corrected chi connectivity index (χ0v) is 11.7. The summed E-state index contributed by atoms with van der Waals surface area (Å²) in [5.74, 6) is 0.985. The first-order chi connectivity index (χ1) is 9.88. The zero-order valence-electron chi connectivity index (χ0n) is 10.9. The summed E-state index contributed by atoms with van der Waals surface area (Å²) in [5.41, 5.74) is 1.06. The molecule has 6 nitrogen and oxygen atoms in total. The minimum atomic E-state index is 0.416. The van der Waals surface area contributed by atoms with E-state index in [1.165, 1.54) is 4.70 Å². The van der Waals surface area contributed by atoms with Crippen LogP contribution in [0.3, 0.4) is 0 Å². The van der Waals surface area contributed by atoms with Gasteiger partial charge in [0, 0.05) is 19.0 Å². The lowest BCUT2D eigenvalue weighted by molar-refractivity contribution is 0.532. The molecule has 1 aliphatic rings. The number of benzene rings is 1. The van der Waals surface area contributed by atoms with Gasteiger partial charge in [-0.15, -0.1) is 5.10 Å². The van der Waals surface area contributed by atoms with Crippen LogP contribution in [0.1, 0.15) is 18.7 Å². The molecule has 0 spiro atoms. The molecule has 2 aromatic heterocycles. The summed E-state index contributed by atoms with van der Waals surface area (Å²) in [6, 6.07) is 8.65. The number of hydrogen-bond donors (Lipinski definition) is 1. The van der Waals surface area contributed by atoms with Gasteiger partial charge >= 0.3 is 0 Å². The lowest BCUT2D eigenvalue weighted by Gasteiger charge is -2.14. The third-order valence-electron chi connectivity index (χ3n) is 3.63. The number of rotatable bonds is 2. The van der Waals surface area contributed by atoms with Crippen LogP contribution < -0.4 is 5.32 Å². The van der Waals surface area contributed by atoms with Crippen LogP contribution in [0.15, 0.2) is 24.3 Å². The molecule has 20 heavy (non-hydrogen) atoms. The molecule has 0 bridgehead atoms. The van der Waals surface area contributed by atoms with Crippen molar-refractivity contribution in [1.29, 1.82) is 0 Å². The number of aryl methyl sites for hydroxylation is 2. The predicted octanol–water partition coefficient (Wildman–Crippen LogP) is 2.10. The van der Waals surface area contributed by atoms with Crippen LogP contribution in [-0.2, 0) is 13.0 Å². The third-order valence-corrected chi connectivity index (χ3v) is 4.60. The van der Waals surface area contributed by atoms with Gasteiger partial charge in [0.15, 0.2) is 11.0 Å². The van der Waals surface area contributed by atoms with E-state index >= 15 is 0 Å². The fourth-order valence-electron chi connectivity index (χ4n) is 2.55. The second-order valence-electron chi connectivity index (χ2n) is 4.97. The van der Waals surface area contributed by atoms with Crippen molar-refractivity contribution in [1.82, 2.24) is 25.2 Å². The highest BCUT2D eigenvalue weighted by Gasteiger charge is 2.18. The van der Waals surface area contributed by atoms with E-state index in [1.807, 2.05) is 16.8 Å². The Kier molecular flexibility index (Phi) is 2.84. The molecule has 102 valence electrons. The van der Waals surface area contributed by atoms with E-state index in [2.05, 4.69) is 38.0 Å². The minimum Gasteiger partial charge on any atom is -0.359 e. The highest BCUT2D eigenvalue weighted by molar-refractivity contribution is 7.22. The van der Waals surface area contributed by atoms with Gasteiger partial charge in [-0.2, -0.15) is 0 Å². The summed E-state index contributed by atoms with van der Waals surface area (Å²) in [5, 5.41) is 16.3. The van der Waals surface area contributed by atoms with Crippen molar-refractivity contribution in [2.24, 2.45) is 0 Å². The predicted molar refractivity (Wildman–Crippen MR) is 77.8 cm³/mol. The van der Waals surface area contributed by atoms with Gasteiger partial charge in [-0.3, -0.25) is 0 Å². The van der Waals surface area contributed by atoms with Gasteiger partial charge in [-0.05, 0) is 35.4 Å². The van der Waals surface area contributed by atoms with Gasteiger partial charge in [0.2, 0.25) is 0 Å². The standard InChI is InChI=1S/C13H14N6S/c1-2-4-11-10(3-1)15-13(20-11)14-9-5-6-12-16-17-18-19(12)8-7-9/h1-4,9H,5-8H2,(H,14,15). The molecule has 0 aliphatic carbocycles. The van der Waals surface area contributed by atoms with Crippen LogP contribution in [0.4, 0.5) is 5.13 Å². The van der Waals surface area contributed by atoms with Crippen LogP contribution >= 0.6 is 11.3 Å². The van der Waals surface area contributed by atoms with Crippen molar-refractivity contribution in [3.8, 4) is 0 Å². The number of tetrazole rings is 1.